The van der Waals surface area contributed by atoms with Crippen LogP contribution in [0.2, 0.25) is 0 Å². The largest absolute Gasteiger partial charge is 0.405 e. The standard InChI is InChI=1S/C22H31N3O5S3/c1-3-4-11-24-13-15-31-20(24)8-5-7-19-23(2)18(22(26)30-19)9-10-21-25(14-16-32-21)12-6-17-33(27,28)29/h5,7-10H,3-4,6,11-17H2,1-2H3/p+1/b18-9-,21-10+. The molecule has 8 nitrogen and oxygen atoms in total. The predicted molar refractivity (Wildman–Crippen MR) is 137 cm³/mol. The molecule has 0 unspecified atom stereocenters. The predicted octanol–water partition coefficient (Wildman–Crippen LogP) is 1.22. The first-order valence-electron chi connectivity index (χ1n) is 11.1. The highest BCUT2D eigenvalue weighted by Gasteiger charge is 2.20. The van der Waals surface area contributed by atoms with Gasteiger partial charge in [-0.3, -0.25) is 4.55 Å². The second-order valence-corrected chi connectivity index (χ2v) is 11.7. The van der Waals surface area contributed by atoms with E-state index in [4.69, 9.17) is 8.97 Å². The molecule has 2 aliphatic heterocycles. The molecule has 3 heterocycles. The van der Waals surface area contributed by atoms with Crippen molar-refractivity contribution in [3.05, 3.63) is 44.6 Å². The van der Waals surface area contributed by atoms with Crippen molar-refractivity contribution in [1.82, 2.24) is 9.47 Å². The number of thioether (sulfide) groups is 2. The average Bonchev–Trinajstić information content (AvgIpc) is 3.45. The molecule has 1 aromatic heterocycles. The maximum absolute atomic E-state index is 12.4. The summed E-state index contributed by atoms with van der Waals surface area (Å²) in [5, 5.41) is 2.67. The molecule has 0 spiro atoms. The number of rotatable bonds is 10. The van der Waals surface area contributed by atoms with Gasteiger partial charge < -0.3 is 13.9 Å². The number of hydrogen-bond donors (Lipinski definition) is 1. The fraction of sp³-hybridized carbons (Fsp3) is 0.545. The lowest BCUT2D eigenvalue weighted by molar-refractivity contribution is -0.517. The minimum atomic E-state index is -3.95. The van der Waals surface area contributed by atoms with Crippen molar-refractivity contribution >= 4 is 50.8 Å². The molecular weight excluding hydrogens is 482 g/mol. The molecule has 1 aromatic rings. The molecule has 0 aromatic carbocycles. The summed E-state index contributed by atoms with van der Waals surface area (Å²) in [6.07, 6.45) is 12.1. The molecule has 0 bridgehead atoms. The average molecular weight is 515 g/mol. The second kappa shape index (κ2) is 12.1. The van der Waals surface area contributed by atoms with Gasteiger partial charge in [-0.2, -0.15) is 8.42 Å². The molecule has 3 rings (SSSR count). The van der Waals surface area contributed by atoms with E-state index in [0.717, 1.165) is 36.2 Å². The van der Waals surface area contributed by atoms with Gasteiger partial charge in [0.1, 0.15) is 11.9 Å². The van der Waals surface area contributed by atoms with Crippen LogP contribution in [0.5, 0.6) is 0 Å². The summed E-state index contributed by atoms with van der Waals surface area (Å²) in [4.78, 5) is 14.5. The number of hydrogen-bond acceptors (Lipinski definition) is 7. The summed E-state index contributed by atoms with van der Waals surface area (Å²) in [5.41, 5.74) is 0.0797. The Morgan fingerprint density at radius 1 is 1.18 bits per heavy atom. The normalized spacial score (nSPS) is 19.8. The smallest absolute Gasteiger partial charge is 0.361 e. The molecule has 1 fully saturated rings. The Hall–Kier alpha value is -1.69. The van der Waals surface area contributed by atoms with Crippen LogP contribution >= 0.6 is 23.5 Å². The summed E-state index contributed by atoms with van der Waals surface area (Å²) in [5.74, 6) is 1.73. The third-order valence-electron chi connectivity index (χ3n) is 5.42. The van der Waals surface area contributed by atoms with Crippen LogP contribution in [0.25, 0.3) is 12.2 Å². The van der Waals surface area contributed by atoms with Crippen LogP contribution < -0.4 is 16.5 Å². The Labute approximate surface area is 203 Å². The maximum atomic E-state index is 12.4. The summed E-state index contributed by atoms with van der Waals surface area (Å²) < 4.78 is 40.3. The second-order valence-electron chi connectivity index (χ2n) is 7.87. The molecule has 0 atom stereocenters. The van der Waals surface area contributed by atoms with E-state index in [1.807, 2.05) is 30.0 Å². The molecular formula is C22H32N3O5S3+. The van der Waals surface area contributed by atoms with E-state index in [1.165, 1.54) is 17.9 Å². The zero-order valence-electron chi connectivity index (χ0n) is 19.1. The molecule has 0 saturated carbocycles. The summed E-state index contributed by atoms with van der Waals surface area (Å²) in [6.45, 7) is 5.67. The van der Waals surface area contributed by atoms with Crippen molar-refractivity contribution in [3.63, 3.8) is 0 Å². The molecule has 0 amide bonds. The number of nitrogens with zero attached hydrogens (tertiary/aromatic N) is 3. The van der Waals surface area contributed by atoms with Gasteiger partial charge >= 0.3 is 5.63 Å². The van der Waals surface area contributed by atoms with E-state index in [9.17, 15) is 13.2 Å². The van der Waals surface area contributed by atoms with Crippen LogP contribution in [-0.4, -0.2) is 75.5 Å². The van der Waals surface area contributed by atoms with Gasteiger partial charge in [0.25, 0.3) is 10.1 Å². The Morgan fingerprint density at radius 2 is 2.00 bits per heavy atom. The Morgan fingerprint density at radius 3 is 2.76 bits per heavy atom. The van der Waals surface area contributed by atoms with Crippen molar-refractivity contribution in [2.75, 3.05) is 43.4 Å². The molecule has 0 radical (unpaired) electrons. The fourth-order valence-corrected chi connectivity index (χ4v) is 6.23. The van der Waals surface area contributed by atoms with Crippen LogP contribution in [0.4, 0.5) is 0 Å². The van der Waals surface area contributed by atoms with Gasteiger partial charge in [-0.1, -0.05) is 25.1 Å². The van der Waals surface area contributed by atoms with Crippen LogP contribution in [0.15, 0.2) is 32.5 Å². The Bertz CT molecular complexity index is 1210. The van der Waals surface area contributed by atoms with Crippen molar-refractivity contribution in [2.45, 2.75) is 26.2 Å². The lowest BCUT2D eigenvalue weighted by Gasteiger charge is -2.17. The van der Waals surface area contributed by atoms with Crippen molar-refractivity contribution in [3.8, 4) is 0 Å². The van der Waals surface area contributed by atoms with Crippen LogP contribution in [0, 0.1) is 0 Å². The van der Waals surface area contributed by atoms with Gasteiger partial charge in [0.15, 0.2) is 6.54 Å². The Balaban J connectivity index is 1.75. The summed E-state index contributed by atoms with van der Waals surface area (Å²) in [7, 11) is -2.15. The minimum Gasteiger partial charge on any atom is -0.405 e. The fourth-order valence-electron chi connectivity index (χ4n) is 3.62. The highest BCUT2D eigenvalue weighted by atomic mass is 32.2. The first-order valence-corrected chi connectivity index (χ1v) is 14.7. The van der Waals surface area contributed by atoms with Crippen molar-refractivity contribution in [2.24, 2.45) is 7.05 Å². The monoisotopic (exact) mass is 514 g/mol. The number of unbranched alkanes of at least 4 members (excludes halogenated alkanes) is 1. The molecule has 11 heteroatoms. The molecule has 182 valence electrons. The quantitative estimate of drug-likeness (QED) is 0.368. The lowest BCUT2D eigenvalue weighted by Crippen LogP contribution is -2.29. The number of oxazole rings is 1. The van der Waals surface area contributed by atoms with E-state index >= 15 is 0 Å². The van der Waals surface area contributed by atoms with E-state index in [-0.39, 0.29) is 5.75 Å². The van der Waals surface area contributed by atoms with Gasteiger partial charge in [-0.05, 0) is 30.7 Å². The maximum Gasteiger partial charge on any atom is 0.361 e. The van der Waals surface area contributed by atoms with Crippen LogP contribution in [-0.2, 0) is 17.2 Å². The van der Waals surface area contributed by atoms with E-state index in [0.29, 0.717) is 23.9 Å². The number of aromatic nitrogens is 1. The third-order valence-corrected chi connectivity index (χ3v) is 8.38. The van der Waals surface area contributed by atoms with E-state index in [1.54, 1.807) is 29.5 Å². The SMILES string of the molecule is CCCC[N+]1=C(C=CC=c2oc(=O)/c(=C/C=C3/SCCN3CCCS(=O)(=O)O)n2C)SCC1. The van der Waals surface area contributed by atoms with E-state index in [2.05, 4.69) is 22.5 Å². The molecule has 1 saturated heterocycles. The van der Waals surface area contributed by atoms with Crippen molar-refractivity contribution < 1.29 is 22.0 Å². The van der Waals surface area contributed by atoms with Crippen LogP contribution in [0.1, 0.15) is 26.2 Å². The topological polar surface area (TPSA) is 95.8 Å². The van der Waals surface area contributed by atoms with Gasteiger partial charge in [0.05, 0.1) is 16.5 Å². The molecule has 2 aliphatic rings. The van der Waals surface area contributed by atoms with E-state index < -0.39 is 15.7 Å². The number of allylic oxidation sites excluding steroid dienone is 2. The highest BCUT2D eigenvalue weighted by Crippen LogP contribution is 2.27. The van der Waals surface area contributed by atoms with Crippen molar-refractivity contribution in [1.29, 1.82) is 0 Å². The zero-order chi connectivity index (χ0) is 23.8. The van der Waals surface area contributed by atoms with Gasteiger partial charge in [0.2, 0.25) is 10.6 Å². The first-order chi connectivity index (χ1) is 15.8. The minimum absolute atomic E-state index is 0.257. The van der Waals surface area contributed by atoms with Gasteiger partial charge in [-0.25, -0.2) is 9.37 Å². The lowest BCUT2D eigenvalue weighted by atomic mass is 10.3. The highest BCUT2D eigenvalue weighted by molar-refractivity contribution is 8.14. The zero-order valence-corrected chi connectivity index (χ0v) is 21.6. The summed E-state index contributed by atoms with van der Waals surface area (Å²) >= 11 is 3.50. The van der Waals surface area contributed by atoms with Gasteiger partial charge in [0, 0.05) is 38.4 Å². The van der Waals surface area contributed by atoms with Gasteiger partial charge in [-0.15, -0.1) is 11.8 Å². The Kier molecular flexibility index (Phi) is 9.54. The van der Waals surface area contributed by atoms with Crippen LogP contribution in [0.3, 0.4) is 0 Å². The third kappa shape index (κ3) is 7.66. The first kappa shape index (κ1) is 25.9. The molecule has 1 N–H and O–H groups in total. The molecule has 33 heavy (non-hydrogen) atoms. The summed E-state index contributed by atoms with van der Waals surface area (Å²) in [6, 6.07) is 0. The molecule has 0 aliphatic carbocycles.